The fraction of sp³-hybridized carbons (Fsp3) is 0.586. The van der Waals surface area contributed by atoms with Gasteiger partial charge in [-0.15, -0.1) is 0 Å². The molecule has 0 amide bonds. The van der Waals surface area contributed by atoms with Gasteiger partial charge in [0.15, 0.2) is 11.6 Å². The van der Waals surface area contributed by atoms with Gasteiger partial charge in [-0.2, -0.15) is 0 Å². The number of Topliss-reactive ketones (excluding diaryl/α,β-unsaturated/α-hetero) is 2. The van der Waals surface area contributed by atoms with Crippen molar-refractivity contribution in [2.24, 2.45) is 11.3 Å². The number of hydrogen-bond donors (Lipinski definition) is 0. The van der Waals surface area contributed by atoms with Gasteiger partial charge in [-0.1, -0.05) is 60.4 Å². The molecule has 2 unspecified atom stereocenters. The van der Waals surface area contributed by atoms with E-state index >= 15 is 0 Å². The van der Waals surface area contributed by atoms with E-state index in [2.05, 4.69) is 65.8 Å². The second-order valence-corrected chi connectivity index (χ2v) is 10.1. The first-order valence-corrected chi connectivity index (χ1v) is 11.8. The molecule has 2 nitrogen and oxygen atoms in total. The van der Waals surface area contributed by atoms with Crippen LogP contribution in [0.1, 0.15) is 101 Å². The molecule has 2 heteroatoms. The van der Waals surface area contributed by atoms with Crippen molar-refractivity contribution in [2.45, 2.75) is 101 Å². The molecule has 0 aromatic rings. The SMILES string of the molecule is CC(C)=CCC/C(C)=C/CC1=C(C)C(=O)C(C)C(C)(C/C=C(\C)CCC=C(C)C)C1=O. The molecule has 0 aliphatic heterocycles. The smallest absolute Gasteiger partial charge is 0.166 e. The van der Waals surface area contributed by atoms with Crippen LogP contribution in [0.2, 0.25) is 0 Å². The van der Waals surface area contributed by atoms with Crippen molar-refractivity contribution < 1.29 is 9.59 Å². The zero-order valence-corrected chi connectivity index (χ0v) is 21.4. The Hall–Kier alpha value is -1.96. The Bertz CT molecular complexity index is 821. The average molecular weight is 425 g/mol. The summed E-state index contributed by atoms with van der Waals surface area (Å²) >= 11 is 0. The zero-order valence-electron chi connectivity index (χ0n) is 21.4. The van der Waals surface area contributed by atoms with Gasteiger partial charge in [0.25, 0.3) is 0 Å². The molecule has 0 aromatic heterocycles. The lowest BCUT2D eigenvalue weighted by Crippen LogP contribution is -2.44. The van der Waals surface area contributed by atoms with Crippen LogP contribution in [0.15, 0.2) is 57.7 Å². The highest BCUT2D eigenvalue weighted by molar-refractivity contribution is 6.15. The maximum atomic E-state index is 13.6. The molecule has 0 saturated heterocycles. The molecular formula is C29H44O2. The van der Waals surface area contributed by atoms with Gasteiger partial charge in [0.05, 0.1) is 0 Å². The molecule has 0 N–H and O–H groups in total. The van der Waals surface area contributed by atoms with Gasteiger partial charge >= 0.3 is 0 Å². The summed E-state index contributed by atoms with van der Waals surface area (Å²) in [6.07, 6.45) is 14.0. The number of ketones is 2. The summed E-state index contributed by atoms with van der Waals surface area (Å²) in [5.74, 6) is -0.00425. The minimum atomic E-state index is -0.659. The Labute approximate surface area is 191 Å². The summed E-state index contributed by atoms with van der Waals surface area (Å²) in [5.41, 5.74) is 5.93. The van der Waals surface area contributed by atoms with E-state index in [1.807, 2.05) is 20.8 Å². The molecule has 0 fully saturated rings. The average Bonchev–Trinajstić information content (AvgIpc) is 2.69. The van der Waals surface area contributed by atoms with Crippen molar-refractivity contribution in [1.29, 1.82) is 0 Å². The Morgan fingerprint density at radius 3 is 1.81 bits per heavy atom. The molecule has 0 heterocycles. The fourth-order valence-electron chi connectivity index (χ4n) is 4.03. The lowest BCUT2D eigenvalue weighted by molar-refractivity contribution is -0.136. The maximum absolute atomic E-state index is 13.6. The summed E-state index contributed by atoms with van der Waals surface area (Å²) in [6.45, 7) is 18.4. The number of carbonyl (C=O) groups excluding carboxylic acids is 2. The predicted octanol–water partition coefficient (Wildman–Crippen LogP) is 8.26. The molecule has 2 atom stereocenters. The van der Waals surface area contributed by atoms with Crippen LogP contribution in [-0.4, -0.2) is 11.6 Å². The first-order chi connectivity index (χ1) is 14.4. The third-order valence-corrected chi connectivity index (χ3v) is 6.68. The van der Waals surface area contributed by atoms with Gasteiger partial charge < -0.3 is 0 Å². The highest BCUT2D eigenvalue weighted by atomic mass is 16.1. The first-order valence-electron chi connectivity index (χ1n) is 11.8. The van der Waals surface area contributed by atoms with E-state index in [1.165, 1.54) is 22.3 Å². The van der Waals surface area contributed by atoms with Crippen LogP contribution in [0.4, 0.5) is 0 Å². The van der Waals surface area contributed by atoms with Gasteiger partial charge in [0.1, 0.15) is 0 Å². The van der Waals surface area contributed by atoms with Crippen LogP contribution in [0.3, 0.4) is 0 Å². The zero-order chi connectivity index (χ0) is 23.8. The Kier molecular flexibility index (Phi) is 10.6. The molecule has 31 heavy (non-hydrogen) atoms. The summed E-state index contributed by atoms with van der Waals surface area (Å²) in [4.78, 5) is 26.6. The van der Waals surface area contributed by atoms with Crippen molar-refractivity contribution in [1.82, 2.24) is 0 Å². The normalized spacial score (nSPS) is 22.7. The molecule has 1 rings (SSSR count). The van der Waals surface area contributed by atoms with Crippen molar-refractivity contribution in [2.75, 3.05) is 0 Å². The quantitative estimate of drug-likeness (QED) is 0.331. The van der Waals surface area contributed by atoms with Gasteiger partial charge in [0.2, 0.25) is 0 Å². The summed E-state index contributed by atoms with van der Waals surface area (Å²) in [6, 6.07) is 0. The van der Waals surface area contributed by atoms with E-state index in [4.69, 9.17) is 0 Å². The fourth-order valence-corrected chi connectivity index (χ4v) is 4.03. The molecule has 0 bridgehead atoms. The van der Waals surface area contributed by atoms with Crippen LogP contribution < -0.4 is 0 Å². The van der Waals surface area contributed by atoms with E-state index in [-0.39, 0.29) is 17.5 Å². The van der Waals surface area contributed by atoms with Crippen molar-refractivity contribution in [3.05, 3.63) is 57.7 Å². The summed E-state index contributed by atoms with van der Waals surface area (Å²) in [5, 5.41) is 0. The summed E-state index contributed by atoms with van der Waals surface area (Å²) in [7, 11) is 0. The monoisotopic (exact) mass is 424 g/mol. The van der Waals surface area contributed by atoms with Crippen LogP contribution in [-0.2, 0) is 9.59 Å². The van der Waals surface area contributed by atoms with Crippen LogP contribution in [0.25, 0.3) is 0 Å². The molecule has 0 saturated carbocycles. The van der Waals surface area contributed by atoms with Crippen LogP contribution in [0, 0.1) is 11.3 Å². The van der Waals surface area contributed by atoms with Gasteiger partial charge in [-0.3, -0.25) is 9.59 Å². The van der Waals surface area contributed by atoms with Crippen molar-refractivity contribution in [3.8, 4) is 0 Å². The second-order valence-electron chi connectivity index (χ2n) is 10.1. The highest BCUT2D eigenvalue weighted by Gasteiger charge is 2.47. The molecule has 0 radical (unpaired) electrons. The molecule has 0 aromatic carbocycles. The minimum Gasteiger partial charge on any atom is -0.294 e. The maximum Gasteiger partial charge on any atom is 0.166 e. The number of allylic oxidation sites excluding steroid dienone is 10. The molecule has 0 spiro atoms. The molecule has 1 aliphatic rings. The second kappa shape index (κ2) is 12.2. The Morgan fingerprint density at radius 1 is 0.839 bits per heavy atom. The van der Waals surface area contributed by atoms with Gasteiger partial charge in [-0.05, 0) is 92.6 Å². The topological polar surface area (TPSA) is 34.1 Å². The number of hydrogen-bond acceptors (Lipinski definition) is 2. The summed E-state index contributed by atoms with van der Waals surface area (Å²) < 4.78 is 0. The highest BCUT2D eigenvalue weighted by Crippen LogP contribution is 2.43. The van der Waals surface area contributed by atoms with Crippen molar-refractivity contribution >= 4 is 11.6 Å². The number of carbonyl (C=O) groups is 2. The Balaban J connectivity index is 3.00. The number of rotatable bonds is 10. The van der Waals surface area contributed by atoms with E-state index in [1.54, 1.807) is 0 Å². The molecular weight excluding hydrogens is 380 g/mol. The lowest BCUT2D eigenvalue weighted by atomic mass is 9.62. The van der Waals surface area contributed by atoms with Crippen LogP contribution in [0.5, 0.6) is 0 Å². The van der Waals surface area contributed by atoms with E-state index in [9.17, 15) is 9.59 Å². The van der Waals surface area contributed by atoms with E-state index in [0.29, 0.717) is 24.0 Å². The van der Waals surface area contributed by atoms with Gasteiger partial charge in [-0.25, -0.2) is 0 Å². The molecule has 172 valence electrons. The Morgan fingerprint density at radius 2 is 1.32 bits per heavy atom. The van der Waals surface area contributed by atoms with Crippen LogP contribution >= 0.6 is 0 Å². The largest absolute Gasteiger partial charge is 0.294 e. The van der Waals surface area contributed by atoms with E-state index in [0.717, 1.165) is 25.7 Å². The standard InChI is InChI=1S/C29H44O2/c1-20(2)12-10-14-22(5)16-17-26-24(7)27(30)25(8)29(9,28(26)31)19-18-23(6)15-11-13-21(3)4/h12-13,16,18,25H,10-11,14-15,17,19H2,1-9H3/b22-16+,23-18+. The molecule has 1 aliphatic carbocycles. The predicted molar refractivity (Wildman–Crippen MR) is 134 cm³/mol. The first kappa shape index (κ1) is 27.1. The third kappa shape index (κ3) is 7.91. The van der Waals surface area contributed by atoms with Crippen molar-refractivity contribution in [3.63, 3.8) is 0 Å². The third-order valence-electron chi connectivity index (χ3n) is 6.68. The lowest BCUT2D eigenvalue weighted by Gasteiger charge is -2.38. The van der Waals surface area contributed by atoms with E-state index < -0.39 is 5.41 Å². The minimum absolute atomic E-state index is 0.128. The van der Waals surface area contributed by atoms with Gasteiger partial charge in [0, 0.05) is 16.9 Å².